The summed E-state index contributed by atoms with van der Waals surface area (Å²) < 4.78 is 0.687. The molecule has 5 heteroatoms. The molecule has 1 unspecified atom stereocenters. The molecule has 19 heavy (non-hydrogen) atoms. The van der Waals surface area contributed by atoms with Crippen LogP contribution >= 0.6 is 27.3 Å². The fourth-order valence-corrected chi connectivity index (χ4v) is 3.14. The Hall–Kier alpha value is -1.46. The van der Waals surface area contributed by atoms with E-state index in [-0.39, 0.29) is 12.2 Å². The largest absolute Gasteiger partial charge is 0.481 e. The topological polar surface area (TPSA) is 54.4 Å². The van der Waals surface area contributed by atoms with Crippen LogP contribution in [0.3, 0.4) is 0 Å². The van der Waals surface area contributed by atoms with Crippen LogP contribution in [0.25, 0.3) is 0 Å². The third-order valence-electron chi connectivity index (χ3n) is 2.72. The highest BCUT2D eigenvalue weighted by Gasteiger charge is 2.26. The minimum atomic E-state index is -0.973. The van der Waals surface area contributed by atoms with Crippen molar-refractivity contribution in [3.8, 4) is 0 Å². The maximum Gasteiger partial charge on any atom is 0.304 e. The highest BCUT2D eigenvalue weighted by atomic mass is 79.9. The van der Waals surface area contributed by atoms with Gasteiger partial charge < -0.3 is 5.11 Å². The summed E-state index contributed by atoms with van der Waals surface area (Å²) in [7, 11) is 0. The summed E-state index contributed by atoms with van der Waals surface area (Å²) in [4.78, 5) is 24.3. The Bertz CT molecular complexity index is 592. The predicted octanol–water partition coefficient (Wildman–Crippen LogP) is 3.95. The van der Waals surface area contributed by atoms with Gasteiger partial charge in [-0.25, -0.2) is 0 Å². The van der Waals surface area contributed by atoms with Gasteiger partial charge in [0.2, 0.25) is 0 Å². The maximum atomic E-state index is 12.5. The number of benzene rings is 1. The molecule has 98 valence electrons. The quantitative estimate of drug-likeness (QED) is 0.839. The predicted molar refractivity (Wildman–Crippen MR) is 77.8 cm³/mol. The summed E-state index contributed by atoms with van der Waals surface area (Å²) in [5.41, 5.74) is 0.516. The van der Waals surface area contributed by atoms with E-state index in [9.17, 15) is 9.59 Å². The second-order valence-electron chi connectivity index (χ2n) is 4.01. The van der Waals surface area contributed by atoms with Crippen LogP contribution in [0, 0.1) is 0 Å². The lowest BCUT2D eigenvalue weighted by molar-refractivity contribution is -0.137. The van der Waals surface area contributed by atoms with E-state index in [2.05, 4.69) is 15.9 Å². The molecule has 0 spiro atoms. The zero-order chi connectivity index (χ0) is 13.8. The van der Waals surface area contributed by atoms with Crippen LogP contribution in [0.15, 0.2) is 46.3 Å². The van der Waals surface area contributed by atoms with E-state index in [0.717, 1.165) is 4.88 Å². The van der Waals surface area contributed by atoms with Crippen molar-refractivity contribution in [2.24, 2.45) is 0 Å². The third kappa shape index (κ3) is 3.30. The summed E-state index contributed by atoms with van der Waals surface area (Å²) in [6.45, 7) is 0. The molecule has 0 radical (unpaired) electrons. The van der Waals surface area contributed by atoms with E-state index in [4.69, 9.17) is 5.11 Å². The summed E-state index contributed by atoms with van der Waals surface area (Å²) in [5.74, 6) is -1.77. The normalized spacial score (nSPS) is 12.1. The van der Waals surface area contributed by atoms with Gasteiger partial charge in [-0.3, -0.25) is 9.59 Å². The first-order valence-electron chi connectivity index (χ1n) is 5.63. The molecule has 0 fully saturated rings. The SMILES string of the molecule is O=C(O)CC(C(=O)c1ccccc1Br)c1cccs1. The first-order chi connectivity index (χ1) is 9.09. The molecule has 0 aliphatic carbocycles. The van der Waals surface area contributed by atoms with Crippen molar-refractivity contribution < 1.29 is 14.7 Å². The van der Waals surface area contributed by atoms with Gasteiger partial charge in [-0.05, 0) is 17.5 Å². The Morgan fingerprint density at radius 1 is 1.21 bits per heavy atom. The van der Waals surface area contributed by atoms with Crippen molar-refractivity contribution in [3.05, 3.63) is 56.7 Å². The van der Waals surface area contributed by atoms with Gasteiger partial charge in [0.1, 0.15) is 0 Å². The Labute approximate surface area is 123 Å². The molecule has 2 aromatic rings. The number of carbonyl (C=O) groups is 2. The second kappa shape index (κ2) is 6.12. The molecule has 1 N–H and O–H groups in total. The molecule has 0 saturated carbocycles. The van der Waals surface area contributed by atoms with Crippen LogP contribution in [-0.4, -0.2) is 16.9 Å². The Kier molecular flexibility index (Phi) is 4.50. The van der Waals surface area contributed by atoms with Crippen molar-refractivity contribution in [3.63, 3.8) is 0 Å². The summed E-state index contributed by atoms with van der Waals surface area (Å²) >= 11 is 4.73. The number of ketones is 1. The zero-order valence-electron chi connectivity index (χ0n) is 9.88. The highest BCUT2D eigenvalue weighted by Crippen LogP contribution is 2.30. The average Bonchev–Trinajstić information content (AvgIpc) is 2.89. The second-order valence-corrected chi connectivity index (χ2v) is 5.84. The summed E-state index contributed by atoms with van der Waals surface area (Å²) in [6.07, 6.45) is -0.194. The van der Waals surface area contributed by atoms with Crippen LogP contribution < -0.4 is 0 Å². The van der Waals surface area contributed by atoms with Gasteiger partial charge in [-0.15, -0.1) is 11.3 Å². The number of rotatable bonds is 5. The molecule has 0 aliphatic rings. The molecule has 0 amide bonds. The van der Waals surface area contributed by atoms with E-state index < -0.39 is 11.9 Å². The Morgan fingerprint density at radius 2 is 1.95 bits per heavy atom. The van der Waals surface area contributed by atoms with Crippen molar-refractivity contribution in [2.75, 3.05) is 0 Å². The minimum Gasteiger partial charge on any atom is -0.481 e. The summed E-state index contributed by atoms with van der Waals surface area (Å²) in [5, 5.41) is 10.8. The van der Waals surface area contributed by atoms with E-state index >= 15 is 0 Å². The molecule has 1 heterocycles. The van der Waals surface area contributed by atoms with E-state index in [1.165, 1.54) is 11.3 Å². The lowest BCUT2D eigenvalue weighted by Crippen LogP contribution is -2.16. The van der Waals surface area contributed by atoms with E-state index in [0.29, 0.717) is 10.0 Å². The smallest absolute Gasteiger partial charge is 0.304 e. The molecule has 0 bridgehead atoms. The van der Waals surface area contributed by atoms with Crippen LogP contribution in [-0.2, 0) is 4.79 Å². The molecular weight excluding hydrogens is 328 g/mol. The standard InChI is InChI=1S/C14H11BrO3S/c15-11-5-2-1-4-9(11)14(18)10(8-13(16)17)12-6-3-7-19-12/h1-7,10H,8H2,(H,16,17). The fraction of sp³-hybridized carbons (Fsp3) is 0.143. The zero-order valence-corrected chi connectivity index (χ0v) is 12.3. The number of carboxylic acid groups (broad SMARTS) is 1. The van der Waals surface area contributed by atoms with E-state index in [1.807, 2.05) is 17.5 Å². The maximum absolute atomic E-state index is 12.5. The van der Waals surface area contributed by atoms with Gasteiger partial charge in [-0.1, -0.05) is 40.2 Å². The molecule has 1 aromatic carbocycles. The number of hydrogen-bond acceptors (Lipinski definition) is 3. The highest BCUT2D eigenvalue weighted by molar-refractivity contribution is 9.10. The number of carboxylic acids is 1. The fourth-order valence-electron chi connectivity index (χ4n) is 1.84. The lowest BCUT2D eigenvalue weighted by Gasteiger charge is -2.13. The van der Waals surface area contributed by atoms with Gasteiger partial charge in [-0.2, -0.15) is 0 Å². The first kappa shape index (κ1) is 14.0. The first-order valence-corrected chi connectivity index (χ1v) is 7.31. The number of hydrogen-bond donors (Lipinski definition) is 1. The lowest BCUT2D eigenvalue weighted by atomic mass is 9.93. The van der Waals surface area contributed by atoms with Crippen LogP contribution in [0.2, 0.25) is 0 Å². The summed E-state index contributed by atoms with van der Waals surface area (Å²) in [6, 6.07) is 10.7. The average molecular weight is 339 g/mol. The van der Waals surface area contributed by atoms with Gasteiger partial charge in [0.25, 0.3) is 0 Å². The molecule has 1 atom stereocenters. The van der Waals surface area contributed by atoms with Crippen molar-refractivity contribution in [2.45, 2.75) is 12.3 Å². The van der Waals surface area contributed by atoms with Crippen LogP contribution in [0.5, 0.6) is 0 Å². The molecule has 0 aliphatic heterocycles. The molecule has 0 saturated heterocycles. The van der Waals surface area contributed by atoms with Crippen molar-refractivity contribution in [1.82, 2.24) is 0 Å². The Balaban J connectivity index is 2.36. The number of aliphatic carboxylic acids is 1. The number of halogens is 1. The van der Waals surface area contributed by atoms with Crippen molar-refractivity contribution in [1.29, 1.82) is 0 Å². The molecule has 1 aromatic heterocycles. The molecular formula is C14H11BrO3S. The van der Waals surface area contributed by atoms with E-state index in [1.54, 1.807) is 24.3 Å². The minimum absolute atomic E-state index is 0.169. The van der Waals surface area contributed by atoms with Crippen molar-refractivity contribution >= 4 is 39.0 Å². The molecule has 3 nitrogen and oxygen atoms in total. The van der Waals surface area contributed by atoms with Gasteiger partial charge >= 0.3 is 5.97 Å². The number of thiophene rings is 1. The van der Waals surface area contributed by atoms with Crippen LogP contribution in [0.4, 0.5) is 0 Å². The number of carbonyl (C=O) groups excluding carboxylic acids is 1. The monoisotopic (exact) mass is 338 g/mol. The van der Waals surface area contributed by atoms with Gasteiger partial charge in [0.05, 0.1) is 12.3 Å². The van der Waals surface area contributed by atoms with Gasteiger partial charge in [0.15, 0.2) is 5.78 Å². The van der Waals surface area contributed by atoms with Gasteiger partial charge in [0, 0.05) is 14.9 Å². The molecule has 2 rings (SSSR count). The third-order valence-corrected chi connectivity index (χ3v) is 4.40. The Morgan fingerprint density at radius 3 is 2.53 bits per heavy atom. The van der Waals surface area contributed by atoms with Crippen LogP contribution in [0.1, 0.15) is 27.6 Å². The number of Topliss-reactive ketones (excluding diaryl/α,β-unsaturated/α-hetero) is 1.